The van der Waals surface area contributed by atoms with E-state index in [1.807, 2.05) is 20.8 Å². The third-order valence-electron chi connectivity index (χ3n) is 7.09. The van der Waals surface area contributed by atoms with Crippen LogP contribution in [0.25, 0.3) is 0 Å². The number of aromatic hydroxyl groups is 2. The average Bonchev–Trinajstić information content (AvgIpc) is 2.93. The molecule has 2 aromatic rings. The molecule has 38 heavy (non-hydrogen) atoms. The van der Waals surface area contributed by atoms with Crippen molar-refractivity contribution in [2.45, 2.75) is 71.7 Å². The Morgan fingerprint density at radius 1 is 1.00 bits per heavy atom. The van der Waals surface area contributed by atoms with Gasteiger partial charge >= 0.3 is 0 Å². The molecule has 1 heterocycles. The fraction of sp³-hybridized carbons (Fsp3) is 0.483. The molecule has 0 bridgehead atoms. The van der Waals surface area contributed by atoms with Gasteiger partial charge < -0.3 is 29.9 Å². The highest BCUT2D eigenvalue weighted by Gasteiger charge is 2.40. The number of hydrogen-bond acceptors (Lipinski definition) is 9. The number of phenolic OH excluding ortho intramolecular Hbond substituents is 2. The van der Waals surface area contributed by atoms with Gasteiger partial charge in [-0.15, -0.1) is 0 Å². The van der Waals surface area contributed by atoms with Crippen LogP contribution in [-0.2, 0) is 22.4 Å². The lowest BCUT2D eigenvalue weighted by Crippen LogP contribution is -2.28. The van der Waals surface area contributed by atoms with E-state index in [9.17, 15) is 24.6 Å². The van der Waals surface area contributed by atoms with Gasteiger partial charge in [0.1, 0.15) is 23.9 Å². The Morgan fingerprint density at radius 3 is 2.24 bits per heavy atom. The zero-order chi connectivity index (χ0) is 28.1. The summed E-state index contributed by atoms with van der Waals surface area (Å²) in [6.45, 7) is 5.38. The number of aliphatic hydroxyl groups is 2. The highest BCUT2D eigenvalue weighted by Crippen LogP contribution is 2.47. The second-order valence-corrected chi connectivity index (χ2v) is 9.34. The summed E-state index contributed by atoms with van der Waals surface area (Å²) < 4.78 is 10.2. The van der Waals surface area contributed by atoms with E-state index >= 15 is 0 Å². The summed E-state index contributed by atoms with van der Waals surface area (Å²) in [5.41, 5.74) is 0.301. The number of benzene rings is 2. The molecule has 0 spiro atoms. The Bertz CT molecular complexity index is 1210. The monoisotopic (exact) mass is 528 g/mol. The summed E-state index contributed by atoms with van der Waals surface area (Å²) in [5.74, 6) is -2.56. The summed E-state index contributed by atoms with van der Waals surface area (Å²) in [4.78, 5) is 38.1. The molecule has 2 aromatic carbocycles. The summed E-state index contributed by atoms with van der Waals surface area (Å²) >= 11 is 0. The molecule has 206 valence electrons. The maximum Gasteiger partial charge on any atom is 0.202 e. The maximum absolute atomic E-state index is 13.1. The Morgan fingerprint density at radius 2 is 1.66 bits per heavy atom. The van der Waals surface area contributed by atoms with Crippen molar-refractivity contribution in [3.63, 3.8) is 0 Å². The molecule has 0 saturated carbocycles. The minimum absolute atomic E-state index is 0.0568. The van der Waals surface area contributed by atoms with E-state index in [4.69, 9.17) is 19.7 Å². The van der Waals surface area contributed by atoms with Crippen LogP contribution in [0, 0.1) is 5.92 Å². The number of rotatable bonds is 3. The second kappa shape index (κ2) is 12.5. The number of aliphatic hydroxyl groups excluding tert-OH is 2. The van der Waals surface area contributed by atoms with Crippen molar-refractivity contribution in [3.8, 4) is 17.2 Å². The Hall–Kier alpha value is -3.27. The van der Waals surface area contributed by atoms with Crippen molar-refractivity contribution in [2.75, 3.05) is 13.7 Å². The smallest absolute Gasteiger partial charge is 0.202 e. The Labute approximate surface area is 222 Å². The summed E-state index contributed by atoms with van der Waals surface area (Å²) in [7, 11) is 1.38. The number of fused-ring (bicyclic) bond motifs is 3. The lowest BCUT2D eigenvalue weighted by molar-refractivity contribution is -0.156. The van der Waals surface area contributed by atoms with E-state index in [0.29, 0.717) is 12.0 Å². The van der Waals surface area contributed by atoms with Crippen LogP contribution in [0.15, 0.2) is 18.2 Å². The maximum atomic E-state index is 13.1. The van der Waals surface area contributed by atoms with Crippen LogP contribution < -0.4 is 4.74 Å². The fourth-order valence-electron chi connectivity index (χ4n) is 5.20. The van der Waals surface area contributed by atoms with Gasteiger partial charge in [-0.1, -0.05) is 26.0 Å². The van der Waals surface area contributed by atoms with Gasteiger partial charge in [-0.05, 0) is 51.5 Å². The Balaban J connectivity index is 0.000000339. The molecule has 3 aliphatic rings. The van der Waals surface area contributed by atoms with Crippen molar-refractivity contribution in [1.82, 2.24) is 0 Å². The molecule has 0 aromatic heterocycles. The number of carbonyl (C=O) groups is 3. The molecule has 1 aliphatic heterocycles. The number of Topliss-reactive ketones (excluding diaryl/α,β-unsaturated/α-hetero) is 1. The molecule has 0 amide bonds. The first kappa shape index (κ1) is 29.3. The minimum Gasteiger partial charge on any atom is -0.507 e. The lowest BCUT2D eigenvalue weighted by Gasteiger charge is -2.29. The van der Waals surface area contributed by atoms with Crippen LogP contribution in [0.3, 0.4) is 0 Å². The third-order valence-corrected chi connectivity index (χ3v) is 7.09. The van der Waals surface area contributed by atoms with Gasteiger partial charge in [-0.25, -0.2) is 0 Å². The molecular weight excluding hydrogens is 492 g/mol. The largest absolute Gasteiger partial charge is 0.507 e. The molecular formula is C29H36O9. The first-order valence-electron chi connectivity index (χ1n) is 13.0. The summed E-state index contributed by atoms with van der Waals surface area (Å²) in [6.07, 6.45) is 3.49. The first-order valence-corrected chi connectivity index (χ1v) is 13.0. The Kier molecular flexibility index (Phi) is 9.65. The molecule has 5 rings (SSSR count). The molecule has 1 fully saturated rings. The van der Waals surface area contributed by atoms with Crippen molar-refractivity contribution in [3.05, 3.63) is 51.6 Å². The molecule has 1 saturated heterocycles. The normalized spacial score (nSPS) is 21.5. The highest BCUT2D eigenvalue weighted by molar-refractivity contribution is 6.31. The van der Waals surface area contributed by atoms with E-state index in [0.717, 1.165) is 19.3 Å². The molecule has 2 unspecified atom stereocenters. The lowest BCUT2D eigenvalue weighted by atomic mass is 9.75. The van der Waals surface area contributed by atoms with Crippen LogP contribution in [0.5, 0.6) is 17.2 Å². The predicted molar refractivity (Wildman–Crippen MR) is 139 cm³/mol. The number of carbonyl (C=O) groups excluding carboxylic acids is 3. The molecule has 2 aliphatic carbocycles. The zero-order valence-electron chi connectivity index (χ0n) is 22.2. The summed E-state index contributed by atoms with van der Waals surface area (Å²) in [6, 6.07) is 4.59. The fourth-order valence-corrected chi connectivity index (χ4v) is 5.20. The summed E-state index contributed by atoms with van der Waals surface area (Å²) in [5, 5.41) is 39.6. The van der Waals surface area contributed by atoms with Crippen molar-refractivity contribution < 1.29 is 44.3 Å². The minimum atomic E-state index is -0.609. The van der Waals surface area contributed by atoms with Gasteiger partial charge in [0, 0.05) is 22.6 Å². The number of hydrogen-bond donors (Lipinski definition) is 4. The second-order valence-electron chi connectivity index (χ2n) is 9.34. The van der Waals surface area contributed by atoms with Crippen molar-refractivity contribution in [2.24, 2.45) is 5.92 Å². The van der Waals surface area contributed by atoms with Crippen LogP contribution >= 0.6 is 0 Å². The standard InChI is InChI=1S/C21H18O7.C6H12O2.C2H6/c1-28-14-4-2-3-11-15(14)21(27)17-16(19(11)25)20(26)12-7-9(13(23)8-22)5-6-10(12)18(17)24;1-5-3-2-4-6(7)8-5;1-2/h2-4,9,22,24,26H,5-8H2,1H3;5-7H,2-4H2,1H3;1-2H3/t;5-,6?;/m.0./s1. The number of ketones is 3. The van der Waals surface area contributed by atoms with Crippen LogP contribution in [0.2, 0.25) is 0 Å². The molecule has 4 N–H and O–H groups in total. The van der Waals surface area contributed by atoms with E-state index in [-0.39, 0.29) is 69.8 Å². The van der Waals surface area contributed by atoms with E-state index in [1.165, 1.54) is 13.2 Å². The topological polar surface area (TPSA) is 151 Å². The number of phenols is 2. The van der Waals surface area contributed by atoms with Crippen LogP contribution in [-0.4, -0.2) is 63.9 Å². The van der Waals surface area contributed by atoms with Crippen molar-refractivity contribution in [1.29, 1.82) is 0 Å². The molecule has 9 heteroatoms. The quantitative estimate of drug-likeness (QED) is 0.375. The predicted octanol–water partition coefficient (Wildman–Crippen LogP) is 3.47. The molecule has 3 atom stereocenters. The van der Waals surface area contributed by atoms with Gasteiger partial charge in [0.25, 0.3) is 0 Å². The number of ether oxygens (including phenoxy) is 2. The number of methoxy groups -OCH3 is 1. The SMILES string of the molecule is CC.COc1cccc2c1C(=O)c1c(O)c3c(c(O)c1C2=O)CC(C(=O)CO)CC3.C[C@H]1CCCC(O)O1. The zero-order valence-corrected chi connectivity index (χ0v) is 22.2. The van der Waals surface area contributed by atoms with E-state index in [2.05, 4.69) is 0 Å². The van der Waals surface area contributed by atoms with Gasteiger partial charge in [0.2, 0.25) is 5.78 Å². The van der Waals surface area contributed by atoms with Gasteiger partial charge in [0.15, 0.2) is 17.9 Å². The van der Waals surface area contributed by atoms with Crippen LogP contribution in [0.1, 0.15) is 89.4 Å². The molecule has 9 nitrogen and oxygen atoms in total. The van der Waals surface area contributed by atoms with Gasteiger partial charge in [-0.2, -0.15) is 0 Å². The van der Waals surface area contributed by atoms with Crippen LogP contribution in [0.4, 0.5) is 0 Å². The third kappa shape index (κ3) is 5.45. The van der Waals surface area contributed by atoms with Gasteiger partial charge in [0.05, 0.1) is 29.9 Å². The first-order chi connectivity index (χ1) is 18.2. The van der Waals surface area contributed by atoms with E-state index in [1.54, 1.807) is 12.1 Å². The molecule has 0 radical (unpaired) electrons. The van der Waals surface area contributed by atoms with Crippen molar-refractivity contribution >= 4 is 17.3 Å². The highest BCUT2D eigenvalue weighted by atomic mass is 16.6. The average molecular weight is 529 g/mol. The van der Waals surface area contributed by atoms with Gasteiger partial charge in [-0.3, -0.25) is 14.4 Å². The van der Waals surface area contributed by atoms with E-state index < -0.39 is 30.4 Å².